The summed E-state index contributed by atoms with van der Waals surface area (Å²) in [5.74, 6) is 0. The molecule has 0 aromatic heterocycles. The van der Waals surface area contributed by atoms with Crippen molar-refractivity contribution >= 4 is 0 Å². The number of nitrogens with zero attached hydrogens (tertiary/aromatic N) is 2. The summed E-state index contributed by atoms with van der Waals surface area (Å²) >= 11 is 0. The van der Waals surface area contributed by atoms with Crippen LogP contribution in [0.15, 0.2) is 24.0 Å². The Labute approximate surface area is 220 Å². The molecule has 0 aromatic carbocycles. The summed E-state index contributed by atoms with van der Waals surface area (Å²) in [7, 11) is 1.76. The first-order valence-electron chi connectivity index (χ1n) is 13.6. The summed E-state index contributed by atoms with van der Waals surface area (Å²) in [6.07, 6.45) is 3.24. The molecule has 38 heavy (non-hydrogen) atoms. The topological polar surface area (TPSA) is 34.2 Å². The maximum absolute atomic E-state index is 13.2. The average Bonchev–Trinajstić information content (AvgIpc) is 3.07. The third-order valence-corrected chi connectivity index (χ3v) is 9.90. The lowest BCUT2D eigenvalue weighted by Gasteiger charge is -2.37. The Balaban J connectivity index is 1.15. The normalized spacial score (nSPS) is 34.6. The zero-order valence-electron chi connectivity index (χ0n) is 22.1. The van der Waals surface area contributed by atoms with E-state index in [9.17, 15) is 26.3 Å². The van der Waals surface area contributed by atoms with E-state index in [-0.39, 0.29) is 18.0 Å². The molecule has 0 aromatic rings. The van der Waals surface area contributed by atoms with Crippen LogP contribution >= 0.6 is 0 Å². The molecule has 4 heterocycles. The van der Waals surface area contributed by atoms with Gasteiger partial charge in [-0.3, -0.25) is 9.80 Å². The number of rotatable bonds is 9. The smallest absolute Gasteiger partial charge is 0.426 e. The van der Waals surface area contributed by atoms with Crippen LogP contribution in [0.1, 0.15) is 64.7 Å². The van der Waals surface area contributed by atoms with Crippen LogP contribution in [-0.4, -0.2) is 90.4 Å². The van der Waals surface area contributed by atoms with E-state index in [0.717, 1.165) is 38.8 Å². The van der Waals surface area contributed by atoms with Crippen molar-refractivity contribution in [2.24, 2.45) is 0 Å². The van der Waals surface area contributed by atoms with Crippen molar-refractivity contribution in [2.45, 2.75) is 105 Å². The molecule has 5 nitrogen and oxygen atoms in total. The van der Waals surface area contributed by atoms with Gasteiger partial charge in [-0.05, 0) is 77.3 Å². The molecule has 0 unspecified atom stereocenters. The van der Waals surface area contributed by atoms with Gasteiger partial charge in [0.15, 0.2) is 0 Å². The van der Waals surface area contributed by atoms with Crippen molar-refractivity contribution in [3.05, 3.63) is 24.0 Å². The standard InChI is InChI=1S/C27H38F6N2O3/c1-22(26(28,29)30,27(31,32)33)38-17-21-6-8-24(7-4-13-34(21)24)19-37-14-3-5-20-15-25(18-36-2)12-11-23(9-10-23)35(25)16-20/h3,5,14,21H,4,6-13,15-19H2,1-2H3/b14-3+,20-5-/t21-,24-,25-/m0/s1. The fourth-order valence-electron chi connectivity index (χ4n) is 7.50. The van der Waals surface area contributed by atoms with Gasteiger partial charge in [-0.15, -0.1) is 0 Å². The molecule has 5 fully saturated rings. The van der Waals surface area contributed by atoms with Gasteiger partial charge in [0.25, 0.3) is 5.60 Å². The number of methoxy groups -OCH3 is 1. The Hall–Kier alpha value is -1.30. The number of ether oxygens (including phenoxy) is 3. The van der Waals surface area contributed by atoms with Crippen molar-refractivity contribution in [3.8, 4) is 0 Å². The van der Waals surface area contributed by atoms with E-state index in [0.29, 0.717) is 31.5 Å². The van der Waals surface area contributed by atoms with Crippen molar-refractivity contribution < 1.29 is 40.6 Å². The summed E-state index contributed by atoms with van der Waals surface area (Å²) in [4.78, 5) is 4.66. The van der Waals surface area contributed by atoms with Crippen LogP contribution < -0.4 is 0 Å². The van der Waals surface area contributed by atoms with E-state index in [1.54, 1.807) is 13.4 Å². The highest BCUT2D eigenvalue weighted by molar-refractivity contribution is 5.30. The Morgan fingerprint density at radius 1 is 0.947 bits per heavy atom. The molecular weight excluding hydrogens is 514 g/mol. The second-order valence-corrected chi connectivity index (χ2v) is 12.2. The third-order valence-electron chi connectivity index (χ3n) is 9.90. The van der Waals surface area contributed by atoms with Crippen LogP contribution in [0.3, 0.4) is 0 Å². The van der Waals surface area contributed by atoms with Gasteiger partial charge in [0.2, 0.25) is 0 Å². The van der Waals surface area contributed by atoms with E-state index in [4.69, 9.17) is 9.47 Å². The molecule has 1 saturated carbocycles. The van der Waals surface area contributed by atoms with Gasteiger partial charge in [0.05, 0.1) is 25.0 Å². The molecule has 1 spiro atoms. The summed E-state index contributed by atoms with van der Waals surface area (Å²) in [5.41, 5.74) is -2.74. The zero-order valence-corrected chi connectivity index (χ0v) is 22.1. The molecule has 5 aliphatic rings. The number of fused-ring (bicyclic) bond motifs is 3. The van der Waals surface area contributed by atoms with Crippen LogP contribution in [0.2, 0.25) is 0 Å². The van der Waals surface area contributed by atoms with E-state index >= 15 is 0 Å². The Kier molecular flexibility index (Phi) is 7.18. The van der Waals surface area contributed by atoms with Gasteiger partial charge in [-0.2, -0.15) is 26.3 Å². The number of halogens is 6. The van der Waals surface area contributed by atoms with Crippen LogP contribution in [0, 0.1) is 0 Å². The Morgan fingerprint density at radius 2 is 1.66 bits per heavy atom. The summed E-state index contributed by atoms with van der Waals surface area (Å²) in [6, 6.07) is -0.505. The Bertz CT molecular complexity index is 932. The molecule has 216 valence electrons. The highest BCUT2D eigenvalue weighted by Gasteiger charge is 2.69. The minimum atomic E-state index is -5.55. The van der Waals surface area contributed by atoms with E-state index in [2.05, 4.69) is 15.7 Å². The summed E-state index contributed by atoms with van der Waals surface area (Å²) in [6.45, 7) is 2.08. The molecule has 0 N–H and O–H groups in total. The van der Waals surface area contributed by atoms with Gasteiger partial charge in [-0.1, -0.05) is 11.6 Å². The molecule has 5 rings (SSSR count). The lowest BCUT2D eigenvalue weighted by Crippen LogP contribution is -2.58. The first-order valence-corrected chi connectivity index (χ1v) is 13.6. The molecule has 0 amide bonds. The molecular formula is C27H38F6N2O3. The highest BCUT2D eigenvalue weighted by atomic mass is 19.4. The highest BCUT2D eigenvalue weighted by Crippen LogP contribution is 2.59. The number of alkyl halides is 6. The van der Waals surface area contributed by atoms with Gasteiger partial charge < -0.3 is 14.2 Å². The lowest BCUT2D eigenvalue weighted by molar-refractivity contribution is -0.375. The van der Waals surface area contributed by atoms with E-state index in [1.165, 1.54) is 24.8 Å². The zero-order chi connectivity index (χ0) is 27.5. The number of allylic oxidation sites excluding steroid dienone is 2. The minimum absolute atomic E-state index is 0.0672. The second kappa shape index (κ2) is 9.66. The third kappa shape index (κ3) is 4.69. The van der Waals surface area contributed by atoms with Gasteiger partial charge >= 0.3 is 12.4 Å². The predicted octanol–water partition coefficient (Wildman–Crippen LogP) is 5.76. The van der Waals surface area contributed by atoms with Crippen molar-refractivity contribution in [2.75, 3.05) is 40.0 Å². The first-order chi connectivity index (χ1) is 17.8. The Morgan fingerprint density at radius 3 is 2.32 bits per heavy atom. The molecule has 0 radical (unpaired) electrons. The lowest BCUT2D eigenvalue weighted by atomic mass is 9.93. The van der Waals surface area contributed by atoms with Crippen molar-refractivity contribution in [3.63, 3.8) is 0 Å². The maximum Gasteiger partial charge on any atom is 0.426 e. The average molecular weight is 553 g/mol. The minimum Gasteiger partial charge on any atom is -0.499 e. The van der Waals surface area contributed by atoms with Gasteiger partial charge in [0, 0.05) is 30.8 Å². The van der Waals surface area contributed by atoms with Gasteiger partial charge in [0.1, 0.15) is 6.61 Å². The van der Waals surface area contributed by atoms with Crippen LogP contribution in [0.4, 0.5) is 26.3 Å². The molecule has 4 aliphatic heterocycles. The van der Waals surface area contributed by atoms with Crippen LogP contribution in [-0.2, 0) is 14.2 Å². The van der Waals surface area contributed by atoms with Crippen molar-refractivity contribution in [1.29, 1.82) is 0 Å². The predicted molar refractivity (Wildman–Crippen MR) is 128 cm³/mol. The van der Waals surface area contributed by atoms with E-state index < -0.39 is 30.6 Å². The van der Waals surface area contributed by atoms with Gasteiger partial charge in [-0.25, -0.2) is 0 Å². The molecule has 1 aliphatic carbocycles. The molecule has 0 bridgehead atoms. The van der Waals surface area contributed by atoms with Crippen LogP contribution in [0.5, 0.6) is 0 Å². The number of hydrogen-bond donors (Lipinski definition) is 0. The fraction of sp³-hybridized carbons (Fsp3) is 0.852. The quantitative estimate of drug-likeness (QED) is 0.269. The van der Waals surface area contributed by atoms with Crippen molar-refractivity contribution in [1.82, 2.24) is 9.80 Å². The van der Waals surface area contributed by atoms with Crippen LogP contribution in [0.25, 0.3) is 0 Å². The molecule has 4 saturated heterocycles. The summed E-state index contributed by atoms with van der Waals surface area (Å²) < 4.78 is 95.5. The first kappa shape index (κ1) is 28.2. The maximum atomic E-state index is 13.2. The molecule has 11 heteroatoms. The van der Waals surface area contributed by atoms with E-state index in [1.807, 2.05) is 11.0 Å². The second-order valence-electron chi connectivity index (χ2n) is 12.2. The SMILES string of the molecule is COC[C@@]12CCC3(CC3)N1C/C(=C\C=C\OC[C@@]13CCCN1[C@H](COC(C)(C(F)(F)F)C(F)(F)F)CC3)C2. The molecule has 3 atom stereocenters. The monoisotopic (exact) mass is 552 g/mol. The fourth-order valence-corrected chi connectivity index (χ4v) is 7.50. The summed E-state index contributed by atoms with van der Waals surface area (Å²) in [5, 5.41) is 0. The number of hydrogen-bond acceptors (Lipinski definition) is 5. The largest absolute Gasteiger partial charge is 0.499 e.